The van der Waals surface area contributed by atoms with E-state index >= 15 is 0 Å². The summed E-state index contributed by atoms with van der Waals surface area (Å²) < 4.78 is 33.7. The van der Waals surface area contributed by atoms with Crippen molar-refractivity contribution >= 4 is 32.7 Å². The van der Waals surface area contributed by atoms with Gasteiger partial charge in [-0.05, 0) is 48.7 Å². The second-order valence-electron chi connectivity index (χ2n) is 10.7. The number of aromatic nitrogens is 3. The molecule has 0 saturated carbocycles. The Morgan fingerprint density at radius 3 is 2.28 bits per heavy atom. The molecule has 6 rings (SSSR count). The van der Waals surface area contributed by atoms with Gasteiger partial charge in [0.2, 0.25) is 21.8 Å². The largest absolute Gasteiger partial charge is 0.480 e. The van der Waals surface area contributed by atoms with E-state index in [0.717, 1.165) is 29.4 Å². The second-order valence-corrected chi connectivity index (χ2v) is 12.6. The Balaban J connectivity index is 1.35. The highest BCUT2D eigenvalue weighted by molar-refractivity contribution is 7.89. The molecule has 4 heterocycles. The van der Waals surface area contributed by atoms with E-state index in [4.69, 9.17) is 4.74 Å². The van der Waals surface area contributed by atoms with Crippen LogP contribution in [0.4, 0.5) is 0 Å². The highest BCUT2D eigenvalue weighted by atomic mass is 32.2. The number of ether oxygens (including phenoxy) is 1. The van der Waals surface area contributed by atoms with Crippen LogP contribution in [0, 0.1) is 0 Å². The van der Waals surface area contributed by atoms with Crippen molar-refractivity contribution in [3.63, 3.8) is 0 Å². The summed E-state index contributed by atoms with van der Waals surface area (Å²) in [5, 5.41) is 0.749. The minimum Gasteiger partial charge on any atom is -0.480 e. The molecule has 0 N–H and O–H groups in total. The predicted molar refractivity (Wildman–Crippen MR) is 161 cm³/mol. The molecule has 4 aromatic rings. The van der Waals surface area contributed by atoms with E-state index in [1.807, 2.05) is 36.4 Å². The molecule has 2 amide bonds. The van der Waals surface area contributed by atoms with Gasteiger partial charge in [-0.15, -0.1) is 0 Å². The number of fused-ring (bicyclic) bond motifs is 1. The van der Waals surface area contributed by atoms with Crippen LogP contribution < -0.4 is 4.74 Å². The van der Waals surface area contributed by atoms with Gasteiger partial charge in [0.1, 0.15) is 11.2 Å². The second kappa shape index (κ2) is 11.7. The third kappa shape index (κ3) is 5.55. The molecule has 0 unspecified atom stereocenters. The zero-order valence-electron chi connectivity index (χ0n) is 24.1. The van der Waals surface area contributed by atoms with E-state index in [1.165, 1.54) is 17.7 Å². The van der Waals surface area contributed by atoms with E-state index in [-0.39, 0.29) is 22.6 Å². The average molecular weight is 601 g/mol. The summed E-state index contributed by atoms with van der Waals surface area (Å²) in [5.74, 6) is -0.0243. The smallest absolute Gasteiger partial charge is 0.253 e. The van der Waals surface area contributed by atoms with Gasteiger partial charge >= 0.3 is 0 Å². The molecule has 11 nitrogen and oxygen atoms in total. The zero-order chi connectivity index (χ0) is 30.1. The fraction of sp³-hybridized carbons (Fsp3) is 0.323. The van der Waals surface area contributed by atoms with Crippen molar-refractivity contribution in [2.45, 2.75) is 24.7 Å². The van der Waals surface area contributed by atoms with E-state index in [1.54, 1.807) is 35.1 Å². The van der Waals surface area contributed by atoms with Gasteiger partial charge in [0.05, 0.1) is 18.3 Å². The summed E-state index contributed by atoms with van der Waals surface area (Å²) in [4.78, 5) is 41.9. The van der Waals surface area contributed by atoms with Crippen LogP contribution in [0.5, 0.6) is 5.88 Å². The first kappa shape index (κ1) is 28.7. The molecule has 0 spiro atoms. The fourth-order valence-electron chi connectivity index (χ4n) is 5.67. The maximum absolute atomic E-state index is 13.4. The Labute approximate surface area is 250 Å². The van der Waals surface area contributed by atoms with Gasteiger partial charge in [-0.1, -0.05) is 18.2 Å². The van der Waals surface area contributed by atoms with Crippen molar-refractivity contribution in [3.8, 4) is 28.3 Å². The Kier molecular flexibility index (Phi) is 7.80. The molecule has 0 atom stereocenters. The zero-order valence-corrected chi connectivity index (χ0v) is 24.9. The molecular formula is C31H32N6O5S. The van der Waals surface area contributed by atoms with Crippen LogP contribution >= 0.6 is 0 Å². The van der Waals surface area contributed by atoms with Crippen molar-refractivity contribution in [1.29, 1.82) is 0 Å². The number of sulfonamides is 1. The number of piperazine rings is 1. The van der Waals surface area contributed by atoms with Crippen molar-refractivity contribution < 1.29 is 22.7 Å². The lowest BCUT2D eigenvalue weighted by Gasteiger charge is -2.34. The van der Waals surface area contributed by atoms with Crippen LogP contribution in [0.15, 0.2) is 66.0 Å². The summed E-state index contributed by atoms with van der Waals surface area (Å²) in [6, 6.07) is 14.6. The third-order valence-corrected chi connectivity index (χ3v) is 9.95. The molecular weight excluding hydrogens is 568 g/mol. The first-order valence-electron chi connectivity index (χ1n) is 14.2. The molecule has 0 bridgehead atoms. The lowest BCUT2D eigenvalue weighted by molar-refractivity contribution is -0.130. The number of carbonyl (C=O) groups excluding carboxylic acids is 2. The van der Waals surface area contributed by atoms with Crippen LogP contribution in [-0.2, 0) is 14.8 Å². The minimum atomic E-state index is -3.77. The lowest BCUT2D eigenvalue weighted by atomic mass is 10.00. The SMILES string of the molecule is COc1ncc(-c2ccc3ncnc(-c4cccc(C(=O)N5CCN(C(C)=O)CC5)c4)c3c2)cc1S(=O)(=O)N1CCCC1. The molecule has 43 heavy (non-hydrogen) atoms. The van der Waals surface area contributed by atoms with Gasteiger partial charge in [-0.25, -0.2) is 23.4 Å². The molecule has 2 fully saturated rings. The van der Waals surface area contributed by atoms with Crippen LogP contribution in [-0.4, -0.2) is 95.7 Å². The maximum atomic E-state index is 13.4. The number of rotatable bonds is 6. The highest BCUT2D eigenvalue weighted by Crippen LogP contribution is 2.34. The maximum Gasteiger partial charge on any atom is 0.253 e. The first-order valence-corrected chi connectivity index (χ1v) is 15.6. The van der Waals surface area contributed by atoms with Crippen LogP contribution in [0.25, 0.3) is 33.3 Å². The summed E-state index contributed by atoms with van der Waals surface area (Å²) in [6.07, 6.45) is 4.73. The predicted octanol–water partition coefficient (Wildman–Crippen LogP) is 3.46. The molecule has 222 valence electrons. The number of amides is 2. The molecule has 2 aromatic heterocycles. The number of benzene rings is 2. The Bertz CT molecular complexity index is 1810. The lowest BCUT2D eigenvalue weighted by Crippen LogP contribution is -2.50. The van der Waals surface area contributed by atoms with E-state index in [0.29, 0.717) is 61.6 Å². The Hall–Kier alpha value is -4.42. The molecule has 12 heteroatoms. The number of methoxy groups -OCH3 is 1. The number of hydrogen-bond donors (Lipinski definition) is 0. The standard InChI is InChI=1S/C31H32N6O5S/c1-21(38)35-12-14-36(15-13-35)31(39)24-7-5-6-23(16-24)29-26-17-22(8-9-27(26)33-20-34-29)25-18-28(30(42-2)32-19-25)43(40,41)37-10-3-4-11-37/h5-9,16-20H,3-4,10-15H2,1-2H3. The van der Waals surface area contributed by atoms with Crippen molar-refractivity contribution in [1.82, 2.24) is 29.1 Å². The van der Waals surface area contributed by atoms with Gasteiger partial charge in [0.25, 0.3) is 5.91 Å². The molecule has 2 saturated heterocycles. The highest BCUT2D eigenvalue weighted by Gasteiger charge is 2.31. The number of pyridine rings is 1. The first-order chi connectivity index (χ1) is 20.8. The summed E-state index contributed by atoms with van der Waals surface area (Å²) in [7, 11) is -2.36. The summed E-state index contributed by atoms with van der Waals surface area (Å²) in [6.45, 7) is 4.48. The van der Waals surface area contributed by atoms with Crippen molar-refractivity contribution in [2.24, 2.45) is 0 Å². The molecule has 2 aromatic carbocycles. The van der Waals surface area contributed by atoms with E-state index < -0.39 is 10.0 Å². The molecule has 2 aliphatic heterocycles. The summed E-state index contributed by atoms with van der Waals surface area (Å²) >= 11 is 0. The minimum absolute atomic E-state index is 0.0129. The number of nitrogens with zero attached hydrogens (tertiary/aromatic N) is 6. The van der Waals surface area contributed by atoms with Gasteiger partial charge in [0, 0.05) is 74.5 Å². The molecule has 0 aliphatic carbocycles. The topological polar surface area (TPSA) is 126 Å². The Morgan fingerprint density at radius 1 is 0.814 bits per heavy atom. The fourth-order valence-corrected chi connectivity index (χ4v) is 7.32. The Morgan fingerprint density at radius 2 is 1.56 bits per heavy atom. The molecule has 2 aliphatic rings. The van der Waals surface area contributed by atoms with Crippen LogP contribution in [0.1, 0.15) is 30.1 Å². The average Bonchev–Trinajstić information content (AvgIpc) is 3.60. The number of carbonyl (C=O) groups is 2. The van der Waals surface area contributed by atoms with E-state index in [2.05, 4.69) is 15.0 Å². The quantitative estimate of drug-likeness (QED) is 0.330. The third-order valence-electron chi connectivity index (χ3n) is 8.06. The monoisotopic (exact) mass is 600 g/mol. The van der Waals surface area contributed by atoms with Crippen LogP contribution in [0.2, 0.25) is 0 Å². The summed E-state index contributed by atoms with van der Waals surface area (Å²) in [5.41, 5.74) is 4.00. The van der Waals surface area contributed by atoms with Crippen LogP contribution in [0.3, 0.4) is 0 Å². The molecule has 0 radical (unpaired) electrons. The van der Waals surface area contributed by atoms with Crippen molar-refractivity contribution in [3.05, 3.63) is 66.6 Å². The van der Waals surface area contributed by atoms with Gasteiger partial charge < -0.3 is 14.5 Å². The van der Waals surface area contributed by atoms with Gasteiger partial charge in [0.15, 0.2) is 0 Å². The van der Waals surface area contributed by atoms with Gasteiger partial charge in [-0.3, -0.25) is 9.59 Å². The number of hydrogen-bond acceptors (Lipinski definition) is 8. The normalized spacial score (nSPS) is 16.0. The van der Waals surface area contributed by atoms with Gasteiger partial charge in [-0.2, -0.15) is 4.31 Å². The van der Waals surface area contributed by atoms with Crippen molar-refractivity contribution in [2.75, 3.05) is 46.4 Å². The van der Waals surface area contributed by atoms with E-state index in [9.17, 15) is 18.0 Å².